The topological polar surface area (TPSA) is 41.3 Å². The van der Waals surface area contributed by atoms with Gasteiger partial charge in [0.15, 0.2) is 5.58 Å². The van der Waals surface area contributed by atoms with Crippen molar-refractivity contribution >= 4 is 17.1 Å². The molecule has 0 radical (unpaired) electrons. The Labute approximate surface area is 95.3 Å². The predicted molar refractivity (Wildman–Crippen MR) is 65.7 cm³/mol. The van der Waals surface area contributed by atoms with E-state index in [4.69, 9.17) is 4.42 Å². The molecule has 1 aromatic heterocycles. The van der Waals surface area contributed by atoms with Crippen molar-refractivity contribution in [2.24, 2.45) is 0 Å². The van der Waals surface area contributed by atoms with Crippen molar-refractivity contribution in [1.82, 2.24) is 9.88 Å². The third kappa shape index (κ3) is 2.52. The van der Waals surface area contributed by atoms with E-state index in [0.29, 0.717) is 6.01 Å². The molecule has 1 heterocycles. The first-order chi connectivity index (χ1) is 7.79. The molecule has 1 N–H and O–H groups in total. The van der Waals surface area contributed by atoms with Gasteiger partial charge in [-0.1, -0.05) is 19.1 Å². The van der Waals surface area contributed by atoms with Gasteiger partial charge in [-0.15, -0.1) is 0 Å². The number of likely N-dealkylation sites (N-methyl/N-ethyl adjacent to an activating group) is 1. The molecule has 2 rings (SSSR count). The number of rotatable bonds is 5. The average Bonchev–Trinajstić information content (AvgIpc) is 2.71. The number of fused-ring (bicyclic) bond motifs is 1. The highest BCUT2D eigenvalue weighted by atomic mass is 16.4. The maximum Gasteiger partial charge on any atom is 0.295 e. The van der Waals surface area contributed by atoms with Crippen LogP contribution in [0.4, 0.5) is 6.01 Å². The maximum atomic E-state index is 5.54. The quantitative estimate of drug-likeness (QED) is 0.837. The summed E-state index contributed by atoms with van der Waals surface area (Å²) in [4.78, 5) is 6.57. The molecule has 0 saturated carbocycles. The van der Waals surface area contributed by atoms with Gasteiger partial charge < -0.3 is 14.6 Å². The third-order valence-corrected chi connectivity index (χ3v) is 2.60. The van der Waals surface area contributed by atoms with Crippen LogP contribution in [0.25, 0.3) is 11.1 Å². The van der Waals surface area contributed by atoms with Crippen LogP contribution in [0.15, 0.2) is 28.7 Å². The summed E-state index contributed by atoms with van der Waals surface area (Å²) in [5, 5.41) is 3.18. The van der Waals surface area contributed by atoms with Gasteiger partial charge in [0, 0.05) is 13.1 Å². The summed E-state index contributed by atoms with van der Waals surface area (Å²) in [6.45, 7) is 5.01. The summed E-state index contributed by atoms with van der Waals surface area (Å²) in [5.74, 6) is 0. The zero-order valence-electron chi connectivity index (χ0n) is 9.73. The number of hydrogen-bond donors (Lipinski definition) is 1. The molecular weight excluding hydrogens is 202 g/mol. The number of aromatic nitrogens is 1. The second kappa shape index (κ2) is 4.99. The zero-order valence-corrected chi connectivity index (χ0v) is 9.73. The molecule has 86 valence electrons. The van der Waals surface area contributed by atoms with Crippen LogP contribution < -0.4 is 5.32 Å². The number of nitrogens with one attached hydrogen (secondary N) is 1. The van der Waals surface area contributed by atoms with E-state index in [1.807, 2.05) is 24.3 Å². The lowest BCUT2D eigenvalue weighted by molar-refractivity contribution is 0.366. The number of benzene rings is 1. The number of para-hydroxylation sites is 2. The summed E-state index contributed by atoms with van der Waals surface area (Å²) in [6.07, 6.45) is 0. The number of nitrogens with zero attached hydrogens (tertiary/aromatic N) is 2. The normalized spacial score (nSPS) is 11.2. The van der Waals surface area contributed by atoms with E-state index < -0.39 is 0 Å². The molecule has 0 aliphatic heterocycles. The van der Waals surface area contributed by atoms with E-state index in [1.165, 1.54) is 0 Å². The molecule has 0 aliphatic carbocycles. The molecular formula is C12H17N3O. The van der Waals surface area contributed by atoms with E-state index >= 15 is 0 Å². The lowest BCUT2D eigenvalue weighted by Crippen LogP contribution is -2.24. The van der Waals surface area contributed by atoms with E-state index in [2.05, 4.69) is 29.2 Å². The van der Waals surface area contributed by atoms with Crippen LogP contribution in [0, 0.1) is 0 Å². The fourth-order valence-corrected chi connectivity index (χ4v) is 1.46. The first-order valence-corrected chi connectivity index (χ1v) is 5.57. The largest absolute Gasteiger partial charge is 0.424 e. The fraction of sp³-hybridized carbons (Fsp3) is 0.417. The standard InChI is InChI=1S/C12H17N3O/c1-3-15(2)9-8-13-12-14-10-6-4-5-7-11(10)16-12/h4-7H,3,8-9H2,1-2H3,(H,13,14). The summed E-state index contributed by atoms with van der Waals surface area (Å²) in [6, 6.07) is 8.38. The summed E-state index contributed by atoms with van der Waals surface area (Å²) in [5.41, 5.74) is 1.72. The van der Waals surface area contributed by atoms with Gasteiger partial charge in [-0.05, 0) is 25.7 Å². The second-order valence-electron chi connectivity index (χ2n) is 3.81. The van der Waals surface area contributed by atoms with Crippen molar-refractivity contribution in [2.45, 2.75) is 6.92 Å². The van der Waals surface area contributed by atoms with Crippen LogP contribution in [0.1, 0.15) is 6.92 Å². The van der Waals surface area contributed by atoms with Crippen LogP contribution in [-0.4, -0.2) is 36.6 Å². The van der Waals surface area contributed by atoms with Crippen LogP contribution in [0.2, 0.25) is 0 Å². The zero-order chi connectivity index (χ0) is 11.4. The van der Waals surface area contributed by atoms with Crippen molar-refractivity contribution in [3.05, 3.63) is 24.3 Å². The number of oxazole rings is 1. The minimum Gasteiger partial charge on any atom is -0.424 e. The Kier molecular flexibility index (Phi) is 3.41. The highest BCUT2D eigenvalue weighted by molar-refractivity contribution is 5.74. The maximum absolute atomic E-state index is 5.54. The first-order valence-electron chi connectivity index (χ1n) is 5.57. The monoisotopic (exact) mass is 219 g/mol. The van der Waals surface area contributed by atoms with Gasteiger partial charge in [0.1, 0.15) is 5.52 Å². The van der Waals surface area contributed by atoms with Crippen molar-refractivity contribution < 1.29 is 4.42 Å². The molecule has 0 aliphatic rings. The van der Waals surface area contributed by atoms with Gasteiger partial charge >= 0.3 is 0 Å². The number of anilines is 1. The minimum absolute atomic E-state index is 0.603. The van der Waals surface area contributed by atoms with Crippen LogP contribution in [0.3, 0.4) is 0 Å². The fourth-order valence-electron chi connectivity index (χ4n) is 1.46. The van der Waals surface area contributed by atoms with Gasteiger partial charge in [-0.25, -0.2) is 0 Å². The average molecular weight is 219 g/mol. The molecule has 4 heteroatoms. The molecule has 0 fully saturated rings. The molecule has 0 bridgehead atoms. The van der Waals surface area contributed by atoms with E-state index in [9.17, 15) is 0 Å². The Bertz CT molecular complexity index is 419. The summed E-state index contributed by atoms with van der Waals surface area (Å²) in [7, 11) is 2.09. The second-order valence-corrected chi connectivity index (χ2v) is 3.81. The van der Waals surface area contributed by atoms with Crippen molar-refractivity contribution in [1.29, 1.82) is 0 Å². The Morgan fingerprint density at radius 3 is 2.94 bits per heavy atom. The molecule has 2 aromatic rings. The molecule has 4 nitrogen and oxygen atoms in total. The van der Waals surface area contributed by atoms with E-state index in [1.54, 1.807) is 0 Å². The molecule has 0 spiro atoms. The van der Waals surface area contributed by atoms with E-state index in [-0.39, 0.29) is 0 Å². The smallest absolute Gasteiger partial charge is 0.295 e. The molecule has 0 unspecified atom stereocenters. The van der Waals surface area contributed by atoms with Gasteiger partial charge in [-0.2, -0.15) is 4.98 Å². The van der Waals surface area contributed by atoms with Crippen molar-refractivity contribution in [3.63, 3.8) is 0 Å². The SMILES string of the molecule is CCN(C)CCNc1nc2ccccc2o1. The van der Waals surface area contributed by atoms with E-state index in [0.717, 1.165) is 30.7 Å². The first kappa shape index (κ1) is 11.0. The highest BCUT2D eigenvalue weighted by Crippen LogP contribution is 2.17. The molecule has 0 amide bonds. The van der Waals surface area contributed by atoms with Gasteiger partial charge in [0.05, 0.1) is 0 Å². The Balaban J connectivity index is 1.94. The van der Waals surface area contributed by atoms with Gasteiger partial charge in [-0.3, -0.25) is 0 Å². The molecule has 1 aromatic carbocycles. The lowest BCUT2D eigenvalue weighted by Gasteiger charge is -2.12. The summed E-state index contributed by atoms with van der Waals surface area (Å²) >= 11 is 0. The van der Waals surface area contributed by atoms with Crippen LogP contribution in [-0.2, 0) is 0 Å². The molecule has 0 saturated heterocycles. The lowest BCUT2D eigenvalue weighted by atomic mass is 10.3. The van der Waals surface area contributed by atoms with Crippen LogP contribution >= 0.6 is 0 Å². The minimum atomic E-state index is 0.603. The Morgan fingerprint density at radius 2 is 2.19 bits per heavy atom. The Morgan fingerprint density at radius 1 is 1.38 bits per heavy atom. The van der Waals surface area contributed by atoms with Gasteiger partial charge in [0.25, 0.3) is 6.01 Å². The third-order valence-electron chi connectivity index (χ3n) is 2.60. The van der Waals surface area contributed by atoms with Gasteiger partial charge in [0.2, 0.25) is 0 Å². The molecule has 16 heavy (non-hydrogen) atoms. The number of hydrogen-bond acceptors (Lipinski definition) is 4. The molecule has 0 atom stereocenters. The predicted octanol–water partition coefficient (Wildman–Crippen LogP) is 2.19. The Hall–Kier alpha value is -1.55. The van der Waals surface area contributed by atoms with Crippen molar-refractivity contribution in [2.75, 3.05) is 32.0 Å². The summed E-state index contributed by atoms with van der Waals surface area (Å²) < 4.78 is 5.54. The van der Waals surface area contributed by atoms with Crippen molar-refractivity contribution in [3.8, 4) is 0 Å². The highest BCUT2D eigenvalue weighted by Gasteiger charge is 2.03. The van der Waals surface area contributed by atoms with Crippen LogP contribution in [0.5, 0.6) is 0 Å².